The molecule has 2 heteroatoms. The topological polar surface area (TPSA) is 18.1 Å². The molecule has 0 saturated carbocycles. The molecule has 1 atom stereocenters. The first kappa shape index (κ1) is 25.5. The van der Waals surface area contributed by atoms with Crippen LogP contribution in [0.1, 0.15) is 22.6 Å². The zero-order chi connectivity index (χ0) is 30.2. The third-order valence-corrected chi connectivity index (χ3v) is 9.99. The summed E-state index contributed by atoms with van der Waals surface area (Å²) in [7, 11) is 0. The van der Waals surface area contributed by atoms with Crippen LogP contribution in [0.2, 0.25) is 0 Å². The number of para-hydroxylation sites is 2. The van der Waals surface area contributed by atoms with Crippen molar-refractivity contribution < 1.29 is 4.42 Å². The molecular formula is C44H29NO. The van der Waals surface area contributed by atoms with Crippen LogP contribution in [0, 0.1) is 0 Å². The van der Waals surface area contributed by atoms with Gasteiger partial charge in [-0.2, -0.15) is 0 Å². The van der Waals surface area contributed by atoms with E-state index in [-0.39, 0.29) is 0 Å². The van der Waals surface area contributed by atoms with Gasteiger partial charge in [0.05, 0.1) is 11.0 Å². The molecule has 216 valence electrons. The zero-order valence-electron chi connectivity index (χ0n) is 25.2. The zero-order valence-corrected chi connectivity index (χ0v) is 25.2. The fraction of sp³-hybridized carbons (Fsp3) is 0.0455. The minimum absolute atomic E-state index is 0.301. The van der Waals surface area contributed by atoms with Crippen molar-refractivity contribution >= 4 is 43.7 Å². The van der Waals surface area contributed by atoms with Crippen molar-refractivity contribution in [3.05, 3.63) is 174 Å². The summed E-state index contributed by atoms with van der Waals surface area (Å²) in [6.45, 7) is 0. The van der Waals surface area contributed by atoms with Crippen LogP contribution in [0.25, 0.3) is 71.7 Å². The van der Waals surface area contributed by atoms with Gasteiger partial charge < -0.3 is 8.98 Å². The van der Waals surface area contributed by atoms with Gasteiger partial charge in [0.2, 0.25) is 0 Å². The number of aromatic nitrogens is 1. The minimum atomic E-state index is 0.301. The van der Waals surface area contributed by atoms with E-state index < -0.39 is 0 Å². The SMILES string of the molecule is c1ccc(-c2ccc([C@@H]3Cc4cc5c6ccccc6n(-c6ccc7c(c6)oc6ccccc67)c5cc4-c4ccccc43)cc2)cc1. The van der Waals surface area contributed by atoms with Crippen LogP contribution >= 0.6 is 0 Å². The molecule has 2 nitrogen and oxygen atoms in total. The second-order valence-corrected chi connectivity index (χ2v) is 12.5. The van der Waals surface area contributed by atoms with Crippen LogP contribution in [-0.2, 0) is 6.42 Å². The molecule has 10 rings (SSSR count). The predicted octanol–water partition coefficient (Wildman–Crippen LogP) is 11.7. The molecule has 0 N–H and O–H groups in total. The Balaban J connectivity index is 1.15. The van der Waals surface area contributed by atoms with Gasteiger partial charge in [0.25, 0.3) is 0 Å². The normalized spacial score (nSPS) is 14.2. The van der Waals surface area contributed by atoms with Gasteiger partial charge in [-0.05, 0) is 81.8 Å². The van der Waals surface area contributed by atoms with E-state index in [1.54, 1.807) is 0 Å². The summed E-state index contributed by atoms with van der Waals surface area (Å²) < 4.78 is 8.74. The van der Waals surface area contributed by atoms with Gasteiger partial charge in [-0.3, -0.25) is 0 Å². The van der Waals surface area contributed by atoms with E-state index in [0.29, 0.717) is 5.92 Å². The van der Waals surface area contributed by atoms with E-state index in [1.807, 2.05) is 12.1 Å². The number of hydrogen-bond acceptors (Lipinski definition) is 1. The lowest BCUT2D eigenvalue weighted by atomic mass is 9.75. The van der Waals surface area contributed by atoms with Crippen LogP contribution in [0.5, 0.6) is 0 Å². The van der Waals surface area contributed by atoms with E-state index in [4.69, 9.17) is 4.42 Å². The van der Waals surface area contributed by atoms with Crippen LogP contribution in [0.3, 0.4) is 0 Å². The van der Waals surface area contributed by atoms with Crippen molar-refractivity contribution in [2.75, 3.05) is 0 Å². The Morgan fingerprint density at radius 2 is 1.20 bits per heavy atom. The lowest BCUT2D eigenvalue weighted by Crippen LogP contribution is -2.12. The lowest BCUT2D eigenvalue weighted by Gasteiger charge is -2.29. The molecule has 0 unspecified atom stereocenters. The molecule has 0 saturated heterocycles. The maximum Gasteiger partial charge on any atom is 0.137 e. The summed E-state index contributed by atoms with van der Waals surface area (Å²) in [5, 5.41) is 4.86. The molecule has 2 aromatic heterocycles. The maximum absolute atomic E-state index is 6.33. The molecule has 2 heterocycles. The first-order chi connectivity index (χ1) is 22.8. The second-order valence-electron chi connectivity index (χ2n) is 12.5. The number of hydrogen-bond donors (Lipinski definition) is 0. The van der Waals surface area contributed by atoms with Gasteiger partial charge in [-0.1, -0.05) is 115 Å². The lowest BCUT2D eigenvalue weighted by molar-refractivity contribution is 0.668. The Morgan fingerprint density at radius 3 is 2.09 bits per heavy atom. The highest BCUT2D eigenvalue weighted by Crippen LogP contribution is 2.46. The smallest absolute Gasteiger partial charge is 0.137 e. The van der Waals surface area contributed by atoms with Gasteiger partial charge >= 0.3 is 0 Å². The Labute approximate surface area is 266 Å². The molecular weight excluding hydrogens is 558 g/mol. The van der Waals surface area contributed by atoms with Crippen LogP contribution in [0.4, 0.5) is 0 Å². The first-order valence-electron chi connectivity index (χ1n) is 16.0. The monoisotopic (exact) mass is 587 g/mol. The summed E-state index contributed by atoms with van der Waals surface area (Å²) in [5.74, 6) is 0.301. The summed E-state index contributed by atoms with van der Waals surface area (Å²) in [6.07, 6.45) is 0.970. The van der Waals surface area contributed by atoms with E-state index in [0.717, 1.165) is 34.0 Å². The molecule has 1 aliphatic carbocycles. The Bertz CT molecular complexity index is 2600. The highest BCUT2D eigenvalue weighted by molar-refractivity contribution is 6.11. The molecule has 7 aromatic carbocycles. The summed E-state index contributed by atoms with van der Waals surface area (Å²) in [4.78, 5) is 0. The van der Waals surface area contributed by atoms with Crippen molar-refractivity contribution in [2.24, 2.45) is 0 Å². The quantitative estimate of drug-likeness (QED) is 0.201. The average molecular weight is 588 g/mol. The van der Waals surface area contributed by atoms with Crippen LogP contribution < -0.4 is 0 Å². The van der Waals surface area contributed by atoms with E-state index >= 15 is 0 Å². The summed E-state index contributed by atoms with van der Waals surface area (Å²) in [6, 6.07) is 57.4. The molecule has 0 amide bonds. The Kier molecular flexibility index (Phi) is 5.44. The summed E-state index contributed by atoms with van der Waals surface area (Å²) in [5.41, 5.74) is 14.7. The Morgan fingerprint density at radius 1 is 0.478 bits per heavy atom. The molecule has 46 heavy (non-hydrogen) atoms. The van der Waals surface area contributed by atoms with Gasteiger partial charge in [-0.15, -0.1) is 0 Å². The fourth-order valence-electron chi connectivity index (χ4n) is 7.82. The molecule has 0 fully saturated rings. The molecule has 0 bridgehead atoms. The number of fused-ring (bicyclic) bond motifs is 9. The third kappa shape index (κ3) is 3.77. The van der Waals surface area contributed by atoms with E-state index in [2.05, 4.69) is 150 Å². The molecule has 0 spiro atoms. The van der Waals surface area contributed by atoms with Crippen molar-refractivity contribution in [2.45, 2.75) is 12.3 Å². The molecule has 0 radical (unpaired) electrons. The molecule has 9 aromatic rings. The van der Waals surface area contributed by atoms with Gasteiger partial charge in [0.1, 0.15) is 11.2 Å². The maximum atomic E-state index is 6.33. The summed E-state index contributed by atoms with van der Waals surface area (Å²) >= 11 is 0. The van der Waals surface area contributed by atoms with Crippen molar-refractivity contribution in [3.63, 3.8) is 0 Å². The van der Waals surface area contributed by atoms with Gasteiger partial charge in [0, 0.05) is 39.2 Å². The average Bonchev–Trinajstić information content (AvgIpc) is 3.65. The van der Waals surface area contributed by atoms with Crippen molar-refractivity contribution in [3.8, 4) is 27.9 Å². The van der Waals surface area contributed by atoms with Crippen molar-refractivity contribution in [1.29, 1.82) is 0 Å². The second kappa shape index (κ2) is 9.82. The Hall–Kier alpha value is -5.86. The molecule has 0 aliphatic heterocycles. The number of nitrogens with zero attached hydrogens (tertiary/aromatic N) is 1. The number of rotatable bonds is 3. The fourth-order valence-corrected chi connectivity index (χ4v) is 7.82. The third-order valence-electron chi connectivity index (χ3n) is 9.99. The van der Waals surface area contributed by atoms with E-state index in [1.165, 1.54) is 60.8 Å². The van der Waals surface area contributed by atoms with Crippen LogP contribution in [0.15, 0.2) is 162 Å². The standard InChI is InChI=1S/C44H29NO/c1-2-10-28(11-3-1)29-18-20-30(21-19-29)38-24-31-25-40-35-14-6-8-16-41(35)45(42(40)27-39(31)34-13-5-4-12-33(34)38)32-22-23-37-36-15-7-9-17-43(36)46-44(37)26-32/h1-23,25-27,38H,24H2/t38-/m0/s1. The number of benzene rings is 7. The van der Waals surface area contributed by atoms with E-state index in [9.17, 15) is 0 Å². The molecule has 1 aliphatic rings. The minimum Gasteiger partial charge on any atom is -0.456 e. The van der Waals surface area contributed by atoms with Crippen molar-refractivity contribution in [1.82, 2.24) is 4.57 Å². The van der Waals surface area contributed by atoms with Gasteiger partial charge in [-0.25, -0.2) is 0 Å². The first-order valence-corrected chi connectivity index (χ1v) is 16.0. The number of furan rings is 1. The van der Waals surface area contributed by atoms with Crippen LogP contribution in [-0.4, -0.2) is 4.57 Å². The van der Waals surface area contributed by atoms with Gasteiger partial charge in [0.15, 0.2) is 0 Å². The predicted molar refractivity (Wildman–Crippen MR) is 191 cm³/mol. The highest BCUT2D eigenvalue weighted by Gasteiger charge is 2.27. The highest BCUT2D eigenvalue weighted by atomic mass is 16.3. The largest absolute Gasteiger partial charge is 0.456 e.